The van der Waals surface area contributed by atoms with E-state index in [-0.39, 0.29) is 6.04 Å². The van der Waals surface area contributed by atoms with Crippen molar-refractivity contribution in [1.29, 1.82) is 0 Å². The Bertz CT molecular complexity index is 448. The van der Waals surface area contributed by atoms with Gasteiger partial charge in [-0.1, -0.05) is 0 Å². The van der Waals surface area contributed by atoms with E-state index in [4.69, 9.17) is 0 Å². The van der Waals surface area contributed by atoms with Crippen LogP contribution in [-0.2, 0) is 10.2 Å². The quantitative estimate of drug-likeness (QED) is 0.749. The fraction of sp³-hybridized carbons (Fsp3) is 1.00. The number of hydrogen-bond acceptors (Lipinski definition) is 4. The molecule has 0 spiro atoms. The number of fused-ring (bicyclic) bond motifs is 1. The van der Waals surface area contributed by atoms with Gasteiger partial charge in [-0.2, -0.15) is 17.4 Å². The summed E-state index contributed by atoms with van der Waals surface area (Å²) in [4.78, 5) is 2.44. The Morgan fingerprint density at radius 1 is 1.05 bits per heavy atom. The van der Waals surface area contributed by atoms with Crippen LogP contribution < -0.4 is 10.0 Å². The Balaban J connectivity index is 1.55. The lowest BCUT2D eigenvalue weighted by Gasteiger charge is -2.32. The summed E-state index contributed by atoms with van der Waals surface area (Å²) in [7, 11) is -1.35. The Kier molecular flexibility index (Phi) is 4.85. The highest BCUT2D eigenvalue weighted by Crippen LogP contribution is 2.29. The van der Waals surface area contributed by atoms with Crippen molar-refractivity contribution in [2.75, 3.05) is 39.8 Å². The van der Waals surface area contributed by atoms with Crippen molar-refractivity contribution in [3.63, 3.8) is 0 Å². The van der Waals surface area contributed by atoms with Crippen molar-refractivity contribution in [2.45, 2.75) is 44.2 Å². The second-order valence-corrected chi connectivity index (χ2v) is 8.37. The Hall–Kier alpha value is -0.210. The zero-order valence-corrected chi connectivity index (χ0v) is 13.7. The van der Waals surface area contributed by atoms with Crippen LogP contribution in [0.4, 0.5) is 0 Å². The van der Waals surface area contributed by atoms with Gasteiger partial charge in [0.05, 0.1) is 0 Å². The van der Waals surface area contributed by atoms with Crippen LogP contribution in [0.5, 0.6) is 0 Å². The first kappa shape index (κ1) is 15.7. The molecule has 7 heteroatoms. The van der Waals surface area contributed by atoms with Gasteiger partial charge in [0.15, 0.2) is 0 Å². The summed E-state index contributed by atoms with van der Waals surface area (Å²) < 4.78 is 29.8. The molecule has 0 aromatic rings. The normalized spacial score (nSPS) is 32.6. The third-order valence-electron chi connectivity index (χ3n) is 5.31. The molecule has 2 unspecified atom stereocenters. The summed E-state index contributed by atoms with van der Waals surface area (Å²) in [6.07, 6.45) is 5.22. The number of hydrogen-bond donors (Lipinski definition) is 2. The molecule has 3 heterocycles. The van der Waals surface area contributed by atoms with E-state index in [2.05, 4.69) is 14.9 Å². The lowest BCUT2D eigenvalue weighted by Crippen LogP contribution is -2.51. The van der Waals surface area contributed by atoms with Crippen molar-refractivity contribution in [3.05, 3.63) is 0 Å². The molecule has 0 aromatic heterocycles. The number of piperidine rings is 1. The van der Waals surface area contributed by atoms with Gasteiger partial charge in [0, 0.05) is 31.7 Å². The highest BCUT2D eigenvalue weighted by molar-refractivity contribution is 7.87. The summed E-state index contributed by atoms with van der Waals surface area (Å²) >= 11 is 0. The third kappa shape index (κ3) is 3.42. The van der Waals surface area contributed by atoms with Gasteiger partial charge in [0.1, 0.15) is 0 Å². The first-order valence-electron chi connectivity index (χ1n) is 8.26. The largest absolute Gasteiger partial charge is 0.319 e. The molecule has 3 rings (SSSR count). The molecule has 0 bridgehead atoms. The number of nitrogens with one attached hydrogen (secondary N) is 2. The van der Waals surface area contributed by atoms with Gasteiger partial charge in [-0.3, -0.25) is 4.90 Å². The van der Waals surface area contributed by atoms with E-state index in [9.17, 15) is 8.42 Å². The van der Waals surface area contributed by atoms with E-state index in [0.29, 0.717) is 25.0 Å². The van der Waals surface area contributed by atoms with Gasteiger partial charge < -0.3 is 5.32 Å². The van der Waals surface area contributed by atoms with E-state index < -0.39 is 10.2 Å². The second-order valence-electron chi connectivity index (χ2n) is 6.66. The lowest BCUT2D eigenvalue weighted by molar-refractivity contribution is 0.263. The van der Waals surface area contributed by atoms with Gasteiger partial charge in [-0.05, 0) is 58.2 Å². The van der Waals surface area contributed by atoms with Crippen LogP contribution in [0.25, 0.3) is 0 Å². The Morgan fingerprint density at radius 3 is 2.52 bits per heavy atom. The standard InChI is InChI=1S/C14H28N4O2S/c1-15-11-12-4-9-18(10-5-12)21(19,20)16-13-6-8-17-7-2-3-14(13)17/h12-16H,2-11H2,1H3. The maximum Gasteiger partial charge on any atom is 0.279 e. The van der Waals surface area contributed by atoms with E-state index >= 15 is 0 Å². The molecule has 122 valence electrons. The van der Waals surface area contributed by atoms with Crippen LogP contribution in [0.15, 0.2) is 0 Å². The zero-order valence-electron chi connectivity index (χ0n) is 12.9. The number of nitrogens with zero attached hydrogens (tertiary/aromatic N) is 2. The SMILES string of the molecule is CNCC1CCN(S(=O)(=O)NC2CCN3CCCC23)CC1. The van der Waals surface area contributed by atoms with Crippen LogP contribution in [-0.4, -0.2) is 69.5 Å². The van der Waals surface area contributed by atoms with Gasteiger partial charge in [-0.15, -0.1) is 0 Å². The molecule has 3 aliphatic heterocycles. The highest BCUT2D eigenvalue weighted by Gasteiger charge is 2.40. The topological polar surface area (TPSA) is 64.7 Å². The average Bonchev–Trinajstić information content (AvgIpc) is 3.05. The van der Waals surface area contributed by atoms with Crippen LogP contribution >= 0.6 is 0 Å². The van der Waals surface area contributed by atoms with E-state index in [1.165, 1.54) is 6.42 Å². The Labute approximate surface area is 128 Å². The molecule has 3 aliphatic rings. The molecular weight excluding hydrogens is 288 g/mol. The summed E-state index contributed by atoms with van der Waals surface area (Å²) in [6, 6.07) is 0.550. The van der Waals surface area contributed by atoms with E-state index in [1.807, 2.05) is 7.05 Å². The van der Waals surface area contributed by atoms with Crippen LogP contribution in [0, 0.1) is 5.92 Å². The predicted molar refractivity (Wildman–Crippen MR) is 83.3 cm³/mol. The average molecular weight is 316 g/mol. The first-order valence-corrected chi connectivity index (χ1v) is 9.70. The molecule has 0 saturated carbocycles. The van der Waals surface area contributed by atoms with Crippen LogP contribution in [0.3, 0.4) is 0 Å². The number of rotatable bonds is 5. The van der Waals surface area contributed by atoms with Gasteiger partial charge in [-0.25, -0.2) is 0 Å². The smallest absolute Gasteiger partial charge is 0.279 e. The summed E-state index contributed by atoms with van der Waals surface area (Å²) in [5.74, 6) is 0.609. The predicted octanol–water partition coefficient (Wildman–Crippen LogP) is -0.0111. The van der Waals surface area contributed by atoms with Gasteiger partial charge in [0.25, 0.3) is 10.2 Å². The monoisotopic (exact) mass is 316 g/mol. The van der Waals surface area contributed by atoms with Gasteiger partial charge >= 0.3 is 0 Å². The molecular formula is C14H28N4O2S. The summed E-state index contributed by atoms with van der Waals surface area (Å²) in [5.41, 5.74) is 0. The third-order valence-corrected chi connectivity index (χ3v) is 6.96. The van der Waals surface area contributed by atoms with Crippen molar-refractivity contribution in [3.8, 4) is 0 Å². The fourth-order valence-corrected chi connectivity index (χ4v) is 5.63. The van der Waals surface area contributed by atoms with Gasteiger partial charge in [0.2, 0.25) is 0 Å². The molecule has 6 nitrogen and oxygen atoms in total. The van der Waals surface area contributed by atoms with E-state index in [0.717, 1.165) is 45.3 Å². The minimum atomic E-state index is -3.31. The molecule has 0 amide bonds. The molecule has 2 N–H and O–H groups in total. The minimum absolute atomic E-state index is 0.118. The molecule has 0 aliphatic carbocycles. The molecule has 2 atom stereocenters. The molecule has 0 aromatic carbocycles. The second kappa shape index (κ2) is 6.50. The molecule has 0 radical (unpaired) electrons. The van der Waals surface area contributed by atoms with Crippen molar-refractivity contribution in [2.24, 2.45) is 5.92 Å². The van der Waals surface area contributed by atoms with Crippen molar-refractivity contribution in [1.82, 2.24) is 19.2 Å². The van der Waals surface area contributed by atoms with Crippen LogP contribution in [0.2, 0.25) is 0 Å². The maximum atomic E-state index is 12.6. The first-order chi connectivity index (χ1) is 10.1. The van der Waals surface area contributed by atoms with E-state index in [1.54, 1.807) is 4.31 Å². The molecule has 3 saturated heterocycles. The fourth-order valence-electron chi connectivity index (χ4n) is 4.13. The molecule has 21 heavy (non-hydrogen) atoms. The lowest BCUT2D eigenvalue weighted by atomic mass is 9.98. The minimum Gasteiger partial charge on any atom is -0.319 e. The van der Waals surface area contributed by atoms with Crippen molar-refractivity contribution >= 4 is 10.2 Å². The summed E-state index contributed by atoms with van der Waals surface area (Å²) in [6.45, 7) is 4.48. The van der Waals surface area contributed by atoms with Crippen molar-refractivity contribution < 1.29 is 8.42 Å². The Morgan fingerprint density at radius 2 is 1.81 bits per heavy atom. The summed E-state index contributed by atoms with van der Waals surface area (Å²) in [5, 5.41) is 3.19. The zero-order chi connectivity index (χ0) is 14.9. The maximum absolute atomic E-state index is 12.6. The highest BCUT2D eigenvalue weighted by atomic mass is 32.2. The van der Waals surface area contributed by atoms with Crippen LogP contribution in [0.1, 0.15) is 32.1 Å². The molecule has 3 fully saturated rings.